The monoisotopic (exact) mass is 283 g/mol. The van der Waals surface area contributed by atoms with Gasteiger partial charge in [0.05, 0.1) is 17.4 Å². The number of pyridine rings is 1. The van der Waals surface area contributed by atoms with Gasteiger partial charge in [-0.2, -0.15) is 0 Å². The van der Waals surface area contributed by atoms with Crippen molar-refractivity contribution >= 4 is 17.3 Å². The highest BCUT2D eigenvalue weighted by molar-refractivity contribution is 6.07. The molecule has 0 aliphatic heterocycles. The number of aryl methyl sites for hydroxylation is 2. The first-order valence-corrected chi connectivity index (χ1v) is 7.18. The molecule has 0 fully saturated rings. The van der Waals surface area contributed by atoms with Crippen LogP contribution in [-0.4, -0.2) is 17.4 Å². The van der Waals surface area contributed by atoms with Gasteiger partial charge in [0, 0.05) is 18.4 Å². The zero-order valence-electron chi connectivity index (χ0n) is 12.7. The van der Waals surface area contributed by atoms with Gasteiger partial charge in [-0.05, 0) is 49.6 Å². The molecule has 2 rings (SSSR count). The third kappa shape index (κ3) is 3.81. The largest absolute Gasteiger partial charge is 0.383 e. The van der Waals surface area contributed by atoms with Crippen molar-refractivity contribution in [3.63, 3.8) is 0 Å². The van der Waals surface area contributed by atoms with Gasteiger partial charge in [0.1, 0.15) is 0 Å². The minimum absolute atomic E-state index is 0.126. The average molecular weight is 283 g/mol. The summed E-state index contributed by atoms with van der Waals surface area (Å²) in [6, 6.07) is 7.64. The summed E-state index contributed by atoms with van der Waals surface area (Å²) in [5.41, 5.74) is 4.55. The highest BCUT2D eigenvalue weighted by atomic mass is 16.1. The minimum atomic E-state index is -0.126. The fraction of sp³-hybridized carbons (Fsp3) is 0.294. The summed E-state index contributed by atoms with van der Waals surface area (Å²) in [5.74, 6) is -0.126. The Morgan fingerprint density at radius 3 is 2.71 bits per heavy atom. The fourth-order valence-corrected chi connectivity index (χ4v) is 2.01. The van der Waals surface area contributed by atoms with E-state index in [4.69, 9.17) is 0 Å². The molecule has 0 radical (unpaired) electrons. The van der Waals surface area contributed by atoms with E-state index in [1.165, 1.54) is 5.56 Å². The molecule has 0 unspecified atom stereocenters. The van der Waals surface area contributed by atoms with Crippen LogP contribution in [0.3, 0.4) is 0 Å². The van der Waals surface area contributed by atoms with Gasteiger partial charge in [0.2, 0.25) is 0 Å². The van der Waals surface area contributed by atoms with Gasteiger partial charge in [-0.25, -0.2) is 0 Å². The third-order valence-electron chi connectivity index (χ3n) is 3.40. The second-order valence-electron chi connectivity index (χ2n) is 5.10. The van der Waals surface area contributed by atoms with E-state index in [9.17, 15) is 4.79 Å². The topological polar surface area (TPSA) is 54.0 Å². The number of amides is 1. The summed E-state index contributed by atoms with van der Waals surface area (Å²) < 4.78 is 0. The van der Waals surface area contributed by atoms with Crippen LogP contribution in [-0.2, 0) is 0 Å². The van der Waals surface area contributed by atoms with Crippen LogP contribution in [0.25, 0.3) is 0 Å². The van der Waals surface area contributed by atoms with E-state index in [0.717, 1.165) is 29.9 Å². The molecule has 0 aliphatic rings. The molecule has 2 N–H and O–H groups in total. The second kappa shape index (κ2) is 6.88. The number of rotatable bonds is 5. The van der Waals surface area contributed by atoms with E-state index in [1.807, 2.05) is 25.1 Å². The molecule has 0 aliphatic carbocycles. The normalized spacial score (nSPS) is 10.2. The van der Waals surface area contributed by atoms with Crippen molar-refractivity contribution in [2.75, 3.05) is 17.2 Å². The van der Waals surface area contributed by atoms with Gasteiger partial charge >= 0.3 is 0 Å². The maximum atomic E-state index is 12.4. The molecule has 1 aromatic heterocycles. The Kier molecular flexibility index (Phi) is 4.93. The summed E-state index contributed by atoms with van der Waals surface area (Å²) in [5, 5.41) is 6.16. The van der Waals surface area contributed by atoms with Gasteiger partial charge in [0.15, 0.2) is 0 Å². The van der Waals surface area contributed by atoms with Crippen molar-refractivity contribution in [2.45, 2.75) is 27.2 Å². The highest BCUT2D eigenvalue weighted by Gasteiger charge is 2.11. The first-order chi connectivity index (χ1) is 10.1. The molecule has 4 heteroatoms. The highest BCUT2D eigenvalue weighted by Crippen LogP contribution is 2.18. The van der Waals surface area contributed by atoms with Crippen molar-refractivity contribution in [1.29, 1.82) is 0 Å². The van der Waals surface area contributed by atoms with E-state index in [2.05, 4.69) is 29.5 Å². The molecule has 4 nitrogen and oxygen atoms in total. The maximum absolute atomic E-state index is 12.4. The Hall–Kier alpha value is -2.36. The smallest absolute Gasteiger partial charge is 0.257 e. The number of nitrogens with zero attached hydrogens (tertiary/aromatic N) is 1. The van der Waals surface area contributed by atoms with Crippen LogP contribution >= 0.6 is 0 Å². The summed E-state index contributed by atoms with van der Waals surface area (Å²) in [6.45, 7) is 6.98. The number of carbonyl (C=O) groups excluding carboxylic acids is 1. The van der Waals surface area contributed by atoms with Crippen LogP contribution in [0.2, 0.25) is 0 Å². The molecule has 0 bridgehead atoms. The first kappa shape index (κ1) is 15.0. The molecular formula is C17H21N3O. The van der Waals surface area contributed by atoms with E-state index in [-0.39, 0.29) is 5.91 Å². The van der Waals surface area contributed by atoms with Crippen molar-refractivity contribution in [1.82, 2.24) is 4.98 Å². The van der Waals surface area contributed by atoms with Crippen LogP contribution in [0.4, 0.5) is 11.4 Å². The number of hydrogen-bond donors (Lipinski definition) is 2. The fourth-order valence-electron chi connectivity index (χ4n) is 2.01. The van der Waals surface area contributed by atoms with Crippen molar-refractivity contribution in [3.05, 3.63) is 53.3 Å². The second-order valence-corrected chi connectivity index (χ2v) is 5.10. The molecule has 21 heavy (non-hydrogen) atoms. The molecular weight excluding hydrogens is 262 g/mol. The number of nitrogens with one attached hydrogen (secondary N) is 2. The lowest BCUT2D eigenvalue weighted by atomic mass is 10.1. The summed E-state index contributed by atoms with van der Waals surface area (Å²) in [6.07, 6.45) is 4.31. The maximum Gasteiger partial charge on any atom is 0.257 e. The van der Waals surface area contributed by atoms with E-state index < -0.39 is 0 Å². The molecule has 0 saturated carbocycles. The quantitative estimate of drug-likeness (QED) is 0.878. The third-order valence-corrected chi connectivity index (χ3v) is 3.40. The molecule has 0 spiro atoms. The molecule has 2 aromatic rings. The lowest BCUT2D eigenvalue weighted by molar-refractivity contribution is 0.102. The van der Waals surface area contributed by atoms with Gasteiger partial charge in [-0.1, -0.05) is 13.0 Å². The van der Waals surface area contributed by atoms with Crippen molar-refractivity contribution < 1.29 is 4.79 Å². The Labute approximate surface area is 125 Å². The first-order valence-electron chi connectivity index (χ1n) is 7.18. The SMILES string of the molecule is CCCNc1cnccc1C(=O)Nc1ccc(C)c(C)c1. The lowest BCUT2D eigenvalue weighted by Gasteiger charge is -2.12. The van der Waals surface area contributed by atoms with Crippen LogP contribution in [0.1, 0.15) is 34.8 Å². The average Bonchev–Trinajstić information content (AvgIpc) is 2.49. The predicted octanol–water partition coefficient (Wildman–Crippen LogP) is 3.77. The summed E-state index contributed by atoms with van der Waals surface area (Å²) in [4.78, 5) is 16.5. The molecule has 1 amide bonds. The van der Waals surface area contributed by atoms with Crippen molar-refractivity contribution in [3.8, 4) is 0 Å². The van der Waals surface area contributed by atoms with Crippen LogP contribution < -0.4 is 10.6 Å². The summed E-state index contributed by atoms with van der Waals surface area (Å²) in [7, 11) is 0. The van der Waals surface area contributed by atoms with Gasteiger partial charge in [-0.15, -0.1) is 0 Å². The number of anilines is 2. The van der Waals surface area contributed by atoms with Gasteiger partial charge < -0.3 is 10.6 Å². The van der Waals surface area contributed by atoms with Crippen molar-refractivity contribution in [2.24, 2.45) is 0 Å². The standard InChI is InChI=1S/C17H21N3O/c1-4-8-19-16-11-18-9-7-15(16)17(21)20-14-6-5-12(2)13(3)10-14/h5-7,9-11,19H,4,8H2,1-3H3,(H,20,21). The van der Waals surface area contributed by atoms with E-state index >= 15 is 0 Å². The lowest BCUT2D eigenvalue weighted by Crippen LogP contribution is -2.15. The zero-order valence-corrected chi connectivity index (χ0v) is 12.7. The number of aromatic nitrogens is 1. The number of benzene rings is 1. The molecule has 1 heterocycles. The Morgan fingerprint density at radius 2 is 2.00 bits per heavy atom. The van der Waals surface area contributed by atoms with Gasteiger partial charge in [-0.3, -0.25) is 9.78 Å². The molecule has 110 valence electrons. The van der Waals surface area contributed by atoms with Crippen LogP contribution in [0.5, 0.6) is 0 Å². The molecule has 0 saturated heterocycles. The Bertz CT molecular complexity index is 638. The molecule has 1 aromatic carbocycles. The predicted molar refractivity (Wildman–Crippen MR) is 86.9 cm³/mol. The number of hydrogen-bond acceptors (Lipinski definition) is 3. The Balaban J connectivity index is 2.18. The van der Waals surface area contributed by atoms with E-state index in [0.29, 0.717) is 5.56 Å². The van der Waals surface area contributed by atoms with Gasteiger partial charge in [0.25, 0.3) is 5.91 Å². The van der Waals surface area contributed by atoms with Crippen LogP contribution in [0, 0.1) is 13.8 Å². The Morgan fingerprint density at radius 1 is 1.19 bits per heavy atom. The number of carbonyl (C=O) groups is 1. The van der Waals surface area contributed by atoms with E-state index in [1.54, 1.807) is 18.5 Å². The summed E-state index contributed by atoms with van der Waals surface area (Å²) >= 11 is 0. The molecule has 0 atom stereocenters. The zero-order chi connectivity index (χ0) is 15.2. The van der Waals surface area contributed by atoms with Crippen LogP contribution in [0.15, 0.2) is 36.7 Å². The minimum Gasteiger partial charge on any atom is -0.383 e.